The van der Waals surface area contributed by atoms with Gasteiger partial charge in [0.05, 0.1) is 23.7 Å². The number of aliphatic hydroxyl groups is 1. The molecule has 6 atom stereocenters. The number of likely N-dealkylation sites (N-methyl/N-ethyl adjacent to an activating group) is 1. The zero-order valence-electron chi connectivity index (χ0n) is 21.0. The van der Waals surface area contributed by atoms with E-state index in [1.165, 1.54) is 12.0 Å². The highest BCUT2D eigenvalue weighted by molar-refractivity contribution is 5.96. The lowest BCUT2D eigenvalue weighted by Crippen LogP contribution is -2.45. The summed E-state index contributed by atoms with van der Waals surface area (Å²) in [5.74, 6) is 1.33. The van der Waals surface area contributed by atoms with Gasteiger partial charge in [-0.1, -0.05) is 52.3 Å². The summed E-state index contributed by atoms with van der Waals surface area (Å²) in [6.07, 6.45) is 5.85. The van der Waals surface area contributed by atoms with Crippen molar-refractivity contribution in [2.45, 2.75) is 78.4 Å². The molecule has 0 spiro atoms. The summed E-state index contributed by atoms with van der Waals surface area (Å²) < 4.78 is 6.55. The number of hydrogen-bond donors (Lipinski definition) is 2. The number of phenols is 1. The molecule has 2 N–H and O–H groups in total. The minimum Gasteiger partial charge on any atom is -0.511 e. The second-order valence-corrected chi connectivity index (χ2v) is 10.4. The largest absolute Gasteiger partial charge is 0.511 e. The molecule has 0 saturated carbocycles. The number of hydrogen-bond acceptors (Lipinski definition) is 4. The van der Waals surface area contributed by atoms with E-state index in [2.05, 4.69) is 40.7 Å². The van der Waals surface area contributed by atoms with Gasteiger partial charge in [0.2, 0.25) is 0 Å². The van der Waals surface area contributed by atoms with Gasteiger partial charge in [0.15, 0.2) is 0 Å². The van der Waals surface area contributed by atoms with Crippen LogP contribution < -0.4 is 0 Å². The van der Waals surface area contributed by atoms with Crippen molar-refractivity contribution in [3.8, 4) is 5.75 Å². The number of carbonyl (C=O) groups excluding carboxylic acids is 1. The predicted molar refractivity (Wildman–Crippen MR) is 132 cm³/mol. The highest BCUT2D eigenvalue weighted by Crippen LogP contribution is 2.39. The fraction of sp³-hybridized carbons (Fsp3) is 0.607. The minimum absolute atomic E-state index is 0.0596. The first kappa shape index (κ1) is 25.4. The molecule has 5 heteroatoms. The average molecular weight is 456 g/mol. The van der Waals surface area contributed by atoms with Crippen molar-refractivity contribution in [2.24, 2.45) is 17.8 Å². The van der Waals surface area contributed by atoms with Crippen LogP contribution in [0.5, 0.6) is 5.75 Å². The van der Waals surface area contributed by atoms with Gasteiger partial charge in [-0.3, -0.25) is 4.79 Å². The molecule has 3 unspecified atom stereocenters. The van der Waals surface area contributed by atoms with Crippen molar-refractivity contribution >= 4 is 5.91 Å². The van der Waals surface area contributed by atoms with Crippen molar-refractivity contribution in [1.29, 1.82) is 0 Å². The maximum absolute atomic E-state index is 13.1. The fourth-order valence-electron chi connectivity index (χ4n) is 5.34. The number of benzene rings is 1. The number of allylic oxidation sites excluding steroid dienone is 1. The van der Waals surface area contributed by atoms with E-state index in [1.807, 2.05) is 0 Å². The Kier molecular flexibility index (Phi) is 8.28. The van der Waals surface area contributed by atoms with Gasteiger partial charge in [-0.25, -0.2) is 0 Å². The fourth-order valence-corrected chi connectivity index (χ4v) is 5.34. The predicted octanol–water partition coefficient (Wildman–Crippen LogP) is 5.96. The third-order valence-corrected chi connectivity index (χ3v) is 7.44. The zero-order chi connectivity index (χ0) is 24.3. The molecule has 0 bridgehead atoms. The van der Waals surface area contributed by atoms with Crippen LogP contribution in [0.1, 0.15) is 71.8 Å². The highest BCUT2D eigenvalue weighted by atomic mass is 16.5. The lowest BCUT2D eigenvalue weighted by Gasteiger charge is -2.40. The molecule has 33 heavy (non-hydrogen) atoms. The molecule has 1 aromatic carbocycles. The SMILES string of the molecule is CCC(C)CC(C)/C=C(\C)[C@@H]1O[C@H](C2=C(O)C(c3ccc(O)cc3)CN(C)C2=O)CC[C@H]1C. The van der Waals surface area contributed by atoms with E-state index in [9.17, 15) is 15.0 Å². The van der Waals surface area contributed by atoms with Gasteiger partial charge in [-0.2, -0.15) is 0 Å². The lowest BCUT2D eigenvalue weighted by molar-refractivity contribution is -0.131. The minimum atomic E-state index is -0.422. The van der Waals surface area contributed by atoms with Gasteiger partial charge in [-0.15, -0.1) is 0 Å². The second kappa shape index (κ2) is 10.8. The Bertz CT molecular complexity index is 888. The Morgan fingerprint density at radius 1 is 1.21 bits per heavy atom. The number of phenolic OH excluding ortho intramolecular Hbond substituents is 1. The first-order valence-electron chi connectivity index (χ1n) is 12.4. The van der Waals surface area contributed by atoms with Crippen LogP contribution in [-0.2, 0) is 9.53 Å². The number of nitrogens with zero attached hydrogens (tertiary/aromatic N) is 1. The lowest BCUT2D eigenvalue weighted by atomic mass is 9.82. The molecule has 2 aliphatic rings. The molecule has 182 valence electrons. The maximum atomic E-state index is 13.1. The Balaban J connectivity index is 1.86. The molecule has 2 aliphatic heterocycles. The molecule has 0 aromatic heterocycles. The monoisotopic (exact) mass is 455 g/mol. The third-order valence-electron chi connectivity index (χ3n) is 7.44. The Morgan fingerprint density at radius 2 is 1.88 bits per heavy atom. The number of ether oxygens (including phenoxy) is 1. The Hall–Kier alpha value is -2.27. The molecular formula is C28H41NO4. The van der Waals surface area contributed by atoms with E-state index in [0.717, 1.165) is 18.4 Å². The summed E-state index contributed by atoms with van der Waals surface area (Å²) >= 11 is 0. The number of amides is 1. The third kappa shape index (κ3) is 5.81. The normalized spacial score (nSPS) is 28.7. The number of rotatable bonds is 7. The summed E-state index contributed by atoms with van der Waals surface area (Å²) in [4.78, 5) is 14.8. The first-order chi connectivity index (χ1) is 15.6. The van der Waals surface area contributed by atoms with E-state index >= 15 is 0 Å². The van der Waals surface area contributed by atoms with Crippen LogP contribution in [0.3, 0.4) is 0 Å². The first-order valence-corrected chi connectivity index (χ1v) is 12.4. The summed E-state index contributed by atoms with van der Waals surface area (Å²) in [6, 6.07) is 6.83. The standard InChI is InChI=1S/C28H41NO4/c1-7-17(2)14-18(3)15-20(5)27-19(4)8-13-24(33-27)25-26(31)23(16-29(6)28(25)32)21-9-11-22(30)12-10-21/h9-12,15,17-19,23-24,27,30-31H,7-8,13-14,16H2,1-6H3/b20-15+/t17?,18?,19-,23?,24+,27-/m1/s1. The van der Waals surface area contributed by atoms with Crippen LogP contribution >= 0.6 is 0 Å². The topological polar surface area (TPSA) is 70.0 Å². The molecule has 1 saturated heterocycles. The van der Waals surface area contributed by atoms with Crippen LogP contribution in [-0.4, -0.2) is 46.8 Å². The van der Waals surface area contributed by atoms with Crippen LogP contribution in [0.25, 0.3) is 0 Å². The van der Waals surface area contributed by atoms with E-state index < -0.39 is 6.10 Å². The number of aliphatic hydroxyl groups excluding tert-OH is 1. The highest BCUT2D eigenvalue weighted by Gasteiger charge is 2.41. The van der Waals surface area contributed by atoms with Gasteiger partial charge in [-0.05, 0) is 67.2 Å². The van der Waals surface area contributed by atoms with E-state index in [0.29, 0.717) is 36.3 Å². The average Bonchev–Trinajstić information content (AvgIpc) is 2.77. The second-order valence-electron chi connectivity index (χ2n) is 10.4. The molecule has 1 amide bonds. The Labute approximate surface area is 199 Å². The summed E-state index contributed by atoms with van der Waals surface area (Å²) in [5, 5.41) is 20.9. The van der Waals surface area contributed by atoms with Gasteiger partial charge in [0, 0.05) is 13.6 Å². The van der Waals surface area contributed by atoms with E-state index in [1.54, 1.807) is 36.2 Å². The summed E-state index contributed by atoms with van der Waals surface area (Å²) in [6.45, 7) is 11.5. The summed E-state index contributed by atoms with van der Waals surface area (Å²) in [5.41, 5.74) is 2.48. The molecule has 1 fully saturated rings. The molecular weight excluding hydrogens is 414 g/mol. The van der Waals surface area contributed by atoms with Gasteiger partial charge in [0.1, 0.15) is 11.5 Å². The van der Waals surface area contributed by atoms with Crippen molar-refractivity contribution in [3.05, 3.63) is 52.8 Å². The molecule has 0 radical (unpaired) electrons. The van der Waals surface area contributed by atoms with Crippen LogP contribution in [0.2, 0.25) is 0 Å². The number of carbonyl (C=O) groups is 1. The van der Waals surface area contributed by atoms with Crippen molar-refractivity contribution in [3.63, 3.8) is 0 Å². The van der Waals surface area contributed by atoms with E-state index in [-0.39, 0.29) is 29.4 Å². The van der Waals surface area contributed by atoms with Crippen LogP contribution in [0.4, 0.5) is 0 Å². The Morgan fingerprint density at radius 3 is 2.52 bits per heavy atom. The van der Waals surface area contributed by atoms with Gasteiger partial charge >= 0.3 is 0 Å². The van der Waals surface area contributed by atoms with Crippen LogP contribution in [0, 0.1) is 17.8 Å². The van der Waals surface area contributed by atoms with Crippen molar-refractivity contribution in [2.75, 3.05) is 13.6 Å². The molecule has 2 heterocycles. The van der Waals surface area contributed by atoms with Crippen LogP contribution in [0.15, 0.2) is 47.2 Å². The van der Waals surface area contributed by atoms with Gasteiger partial charge in [0.25, 0.3) is 5.91 Å². The maximum Gasteiger partial charge on any atom is 0.255 e. The molecule has 0 aliphatic carbocycles. The van der Waals surface area contributed by atoms with E-state index in [4.69, 9.17) is 4.74 Å². The smallest absolute Gasteiger partial charge is 0.255 e. The van der Waals surface area contributed by atoms with Crippen molar-refractivity contribution in [1.82, 2.24) is 4.90 Å². The molecule has 1 aromatic rings. The molecule has 5 nitrogen and oxygen atoms in total. The zero-order valence-corrected chi connectivity index (χ0v) is 21.0. The van der Waals surface area contributed by atoms with Gasteiger partial charge < -0.3 is 19.8 Å². The summed E-state index contributed by atoms with van der Waals surface area (Å²) in [7, 11) is 1.77. The quantitative estimate of drug-likeness (QED) is 0.498. The number of aromatic hydroxyl groups is 1. The molecule has 3 rings (SSSR count). The van der Waals surface area contributed by atoms with Crippen molar-refractivity contribution < 1.29 is 19.7 Å².